The molecule has 0 amide bonds. The van der Waals surface area contributed by atoms with Crippen molar-refractivity contribution in [2.24, 2.45) is 0 Å². The summed E-state index contributed by atoms with van der Waals surface area (Å²) in [6, 6.07) is 16.4. The molecule has 0 atom stereocenters. The second kappa shape index (κ2) is 6.40. The quantitative estimate of drug-likeness (QED) is 0.668. The Kier molecular flexibility index (Phi) is 4.56. The number of halogens is 1. The molecule has 2 rings (SSSR count). The molecule has 0 unspecified atom stereocenters. The normalized spacial score (nSPS) is 10.2. The summed E-state index contributed by atoms with van der Waals surface area (Å²) < 4.78 is 0.866. The van der Waals surface area contributed by atoms with Crippen LogP contribution in [0.15, 0.2) is 53.1 Å². The molecule has 0 aliphatic heterocycles. The third kappa shape index (κ3) is 4.19. The number of hydrogen-bond donors (Lipinski definition) is 1. The van der Waals surface area contributed by atoms with E-state index in [0.29, 0.717) is 0 Å². The van der Waals surface area contributed by atoms with Crippen LogP contribution in [0, 0.1) is 0 Å². The summed E-state index contributed by atoms with van der Waals surface area (Å²) in [6.45, 7) is 0.943. The molecule has 0 saturated heterocycles. The zero-order valence-electron chi connectivity index (χ0n) is 9.57. The van der Waals surface area contributed by atoms with Crippen molar-refractivity contribution in [3.05, 3.63) is 58.7 Å². The first-order valence-corrected chi connectivity index (χ1v) is 6.54. The van der Waals surface area contributed by atoms with Crippen molar-refractivity contribution >= 4 is 21.7 Å². The molecular formula is C14H15BrN2. The lowest BCUT2D eigenvalue weighted by Gasteiger charge is -2.05. The van der Waals surface area contributed by atoms with Gasteiger partial charge in [0.05, 0.1) is 0 Å². The molecule has 0 saturated carbocycles. The number of anilines is 1. The van der Waals surface area contributed by atoms with Gasteiger partial charge in [0.1, 0.15) is 10.4 Å². The van der Waals surface area contributed by atoms with E-state index in [1.54, 1.807) is 0 Å². The van der Waals surface area contributed by atoms with Crippen molar-refractivity contribution in [2.75, 3.05) is 11.9 Å². The van der Waals surface area contributed by atoms with Gasteiger partial charge >= 0.3 is 0 Å². The topological polar surface area (TPSA) is 24.9 Å². The van der Waals surface area contributed by atoms with E-state index >= 15 is 0 Å². The van der Waals surface area contributed by atoms with Gasteiger partial charge in [0.2, 0.25) is 0 Å². The number of aromatic nitrogens is 1. The average molecular weight is 291 g/mol. The molecule has 1 aromatic heterocycles. The third-order valence-corrected chi connectivity index (χ3v) is 2.95. The zero-order chi connectivity index (χ0) is 11.9. The Hall–Kier alpha value is -1.35. The maximum absolute atomic E-state index is 4.32. The third-order valence-electron chi connectivity index (χ3n) is 2.51. The number of pyridine rings is 1. The summed E-state index contributed by atoms with van der Waals surface area (Å²) in [6.07, 6.45) is 2.21. The fourth-order valence-corrected chi connectivity index (χ4v) is 2.00. The summed E-state index contributed by atoms with van der Waals surface area (Å²) in [4.78, 5) is 4.32. The zero-order valence-corrected chi connectivity index (χ0v) is 11.2. The van der Waals surface area contributed by atoms with Gasteiger partial charge in [-0.05, 0) is 46.5 Å². The van der Waals surface area contributed by atoms with Gasteiger partial charge in [-0.25, -0.2) is 4.98 Å². The van der Waals surface area contributed by atoms with E-state index in [9.17, 15) is 0 Å². The Morgan fingerprint density at radius 2 is 1.82 bits per heavy atom. The summed E-state index contributed by atoms with van der Waals surface area (Å²) >= 11 is 3.36. The van der Waals surface area contributed by atoms with Gasteiger partial charge in [0.25, 0.3) is 0 Å². The standard InChI is InChI=1S/C14H15BrN2/c15-13-9-4-10-14(17-13)16-11-5-8-12-6-2-1-3-7-12/h1-4,6-7,9-10H,5,8,11H2,(H,16,17). The Morgan fingerprint density at radius 3 is 2.59 bits per heavy atom. The second-order valence-corrected chi connectivity index (χ2v) is 4.67. The van der Waals surface area contributed by atoms with E-state index in [0.717, 1.165) is 29.8 Å². The van der Waals surface area contributed by atoms with Gasteiger partial charge in [0.15, 0.2) is 0 Å². The van der Waals surface area contributed by atoms with Gasteiger partial charge in [-0.2, -0.15) is 0 Å². The maximum atomic E-state index is 4.32. The Balaban J connectivity index is 1.73. The first kappa shape index (κ1) is 12.1. The van der Waals surface area contributed by atoms with Crippen LogP contribution in [0.25, 0.3) is 0 Å². The highest BCUT2D eigenvalue weighted by Gasteiger charge is 1.95. The SMILES string of the molecule is Brc1cccc(NCCCc2ccccc2)n1. The van der Waals surface area contributed by atoms with Crippen LogP contribution >= 0.6 is 15.9 Å². The molecule has 2 aromatic rings. The first-order valence-electron chi connectivity index (χ1n) is 5.75. The molecule has 1 heterocycles. The van der Waals surface area contributed by atoms with Crippen LogP contribution in [0.3, 0.4) is 0 Å². The van der Waals surface area contributed by atoms with E-state index in [1.165, 1.54) is 5.56 Å². The van der Waals surface area contributed by atoms with Crippen LogP contribution < -0.4 is 5.32 Å². The smallest absolute Gasteiger partial charge is 0.127 e. The lowest BCUT2D eigenvalue weighted by molar-refractivity contribution is 0.858. The van der Waals surface area contributed by atoms with E-state index in [2.05, 4.69) is 50.5 Å². The summed E-state index contributed by atoms with van der Waals surface area (Å²) in [5, 5.41) is 3.31. The molecule has 1 N–H and O–H groups in total. The van der Waals surface area contributed by atoms with E-state index in [1.807, 2.05) is 24.3 Å². The predicted molar refractivity (Wildman–Crippen MR) is 75.2 cm³/mol. The van der Waals surface area contributed by atoms with Crippen molar-refractivity contribution in [3.63, 3.8) is 0 Å². The molecule has 2 nitrogen and oxygen atoms in total. The summed E-state index contributed by atoms with van der Waals surface area (Å²) in [5.74, 6) is 0.924. The van der Waals surface area contributed by atoms with Crippen molar-refractivity contribution in [2.45, 2.75) is 12.8 Å². The molecule has 17 heavy (non-hydrogen) atoms. The van der Waals surface area contributed by atoms with Crippen molar-refractivity contribution in [3.8, 4) is 0 Å². The number of aryl methyl sites for hydroxylation is 1. The van der Waals surface area contributed by atoms with Crippen LogP contribution in [-0.2, 0) is 6.42 Å². The van der Waals surface area contributed by atoms with Crippen molar-refractivity contribution < 1.29 is 0 Å². The maximum Gasteiger partial charge on any atom is 0.127 e. The molecule has 0 aliphatic rings. The minimum Gasteiger partial charge on any atom is -0.370 e. The van der Waals surface area contributed by atoms with Gasteiger partial charge in [-0.3, -0.25) is 0 Å². The fourth-order valence-electron chi connectivity index (χ4n) is 1.66. The number of benzene rings is 1. The van der Waals surface area contributed by atoms with E-state index in [4.69, 9.17) is 0 Å². The molecular weight excluding hydrogens is 276 g/mol. The summed E-state index contributed by atoms with van der Waals surface area (Å²) in [7, 11) is 0. The van der Waals surface area contributed by atoms with Gasteiger partial charge in [-0.1, -0.05) is 36.4 Å². The van der Waals surface area contributed by atoms with Crippen molar-refractivity contribution in [1.29, 1.82) is 0 Å². The second-order valence-electron chi connectivity index (χ2n) is 3.86. The Bertz CT molecular complexity index is 457. The Morgan fingerprint density at radius 1 is 1.00 bits per heavy atom. The van der Waals surface area contributed by atoms with Crippen LogP contribution in [0.5, 0.6) is 0 Å². The van der Waals surface area contributed by atoms with Crippen LogP contribution in [0.1, 0.15) is 12.0 Å². The van der Waals surface area contributed by atoms with Crippen LogP contribution in [-0.4, -0.2) is 11.5 Å². The predicted octanol–water partition coefficient (Wildman–Crippen LogP) is 3.89. The summed E-state index contributed by atoms with van der Waals surface area (Å²) in [5.41, 5.74) is 1.39. The van der Waals surface area contributed by atoms with Crippen LogP contribution in [0.2, 0.25) is 0 Å². The number of rotatable bonds is 5. The number of nitrogens with zero attached hydrogens (tertiary/aromatic N) is 1. The average Bonchev–Trinajstić information content (AvgIpc) is 2.36. The molecule has 0 radical (unpaired) electrons. The first-order chi connectivity index (χ1) is 8.34. The van der Waals surface area contributed by atoms with Gasteiger partial charge in [-0.15, -0.1) is 0 Å². The monoisotopic (exact) mass is 290 g/mol. The Labute approximate surface area is 110 Å². The minimum atomic E-state index is 0.866. The minimum absolute atomic E-state index is 0.866. The molecule has 0 aliphatic carbocycles. The van der Waals surface area contributed by atoms with Gasteiger partial charge < -0.3 is 5.32 Å². The molecule has 0 fully saturated rings. The fraction of sp³-hybridized carbons (Fsp3) is 0.214. The lowest BCUT2D eigenvalue weighted by atomic mass is 10.1. The van der Waals surface area contributed by atoms with Crippen molar-refractivity contribution in [1.82, 2.24) is 4.98 Å². The highest BCUT2D eigenvalue weighted by molar-refractivity contribution is 9.10. The molecule has 0 spiro atoms. The molecule has 88 valence electrons. The van der Waals surface area contributed by atoms with E-state index < -0.39 is 0 Å². The molecule has 1 aromatic carbocycles. The number of nitrogens with one attached hydrogen (secondary N) is 1. The lowest BCUT2D eigenvalue weighted by Crippen LogP contribution is -2.04. The largest absolute Gasteiger partial charge is 0.370 e. The van der Waals surface area contributed by atoms with Crippen LogP contribution in [0.4, 0.5) is 5.82 Å². The molecule has 0 bridgehead atoms. The number of hydrogen-bond acceptors (Lipinski definition) is 2. The highest BCUT2D eigenvalue weighted by atomic mass is 79.9. The highest BCUT2D eigenvalue weighted by Crippen LogP contribution is 2.10. The van der Waals surface area contributed by atoms with Gasteiger partial charge in [0, 0.05) is 6.54 Å². The van der Waals surface area contributed by atoms with E-state index in [-0.39, 0.29) is 0 Å². The molecule has 3 heteroatoms.